The summed E-state index contributed by atoms with van der Waals surface area (Å²) in [7, 11) is 0. The summed E-state index contributed by atoms with van der Waals surface area (Å²) < 4.78 is 0. The largest absolute Gasteiger partial charge is 0.340 e. The van der Waals surface area contributed by atoms with Gasteiger partial charge in [-0.05, 0) is 48.5 Å². The van der Waals surface area contributed by atoms with E-state index in [1.54, 1.807) is 54.6 Å². The number of nitrogens with one attached hydrogen (secondary N) is 2. The predicted octanol–water partition coefficient (Wildman–Crippen LogP) is 5.26. The lowest BCUT2D eigenvalue weighted by Gasteiger charge is -2.10. The van der Waals surface area contributed by atoms with Gasteiger partial charge in [0, 0.05) is 22.5 Å². The van der Waals surface area contributed by atoms with E-state index < -0.39 is 0 Å². The first kappa shape index (κ1) is 17.7. The molecule has 0 atom stereocenters. The molecule has 0 aliphatic carbocycles. The van der Waals surface area contributed by atoms with Crippen LogP contribution in [-0.4, -0.2) is 10.9 Å². The summed E-state index contributed by atoms with van der Waals surface area (Å²) in [6.45, 7) is 0. The number of hydrogen-bond acceptors (Lipinski definition) is 4. The maximum Gasteiger partial charge on any atom is 0.255 e. The van der Waals surface area contributed by atoms with Crippen molar-refractivity contribution in [2.45, 2.75) is 0 Å². The highest BCUT2D eigenvalue weighted by Crippen LogP contribution is 2.26. The summed E-state index contributed by atoms with van der Waals surface area (Å²) in [5, 5.41) is 15.6. The molecule has 128 valence electrons. The van der Waals surface area contributed by atoms with Gasteiger partial charge < -0.3 is 10.6 Å². The van der Waals surface area contributed by atoms with Crippen molar-refractivity contribution in [3.8, 4) is 6.07 Å². The molecule has 0 aliphatic rings. The molecule has 1 aromatic heterocycles. The molecular weight excluding hydrogens is 371 g/mol. The van der Waals surface area contributed by atoms with Crippen molar-refractivity contribution in [2.75, 3.05) is 10.6 Å². The van der Waals surface area contributed by atoms with E-state index in [9.17, 15) is 4.79 Å². The molecule has 2 N–H and O–H groups in total. The molecular formula is C19H12Cl2N4O. The highest BCUT2D eigenvalue weighted by molar-refractivity contribution is 6.35. The Hall–Kier alpha value is -3.07. The van der Waals surface area contributed by atoms with Crippen molar-refractivity contribution >= 4 is 46.3 Å². The summed E-state index contributed by atoms with van der Waals surface area (Å²) in [6.07, 6.45) is 1.52. The third kappa shape index (κ3) is 4.31. The van der Waals surface area contributed by atoms with Crippen LogP contribution in [0.15, 0.2) is 60.8 Å². The molecule has 26 heavy (non-hydrogen) atoms. The van der Waals surface area contributed by atoms with Gasteiger partial charge in [0.05, 0.1) is 22.3 Å². The third-order valence-corrected chi connectivity index (χ3v) is 4.03. The van der Waals surface area contributed by atoms with E-state index in [1.165, 1.54) is 6.20 Å². The molecule has 0 unspecified atom stereocenters. The molecule has 0 saturated carbocycles. The number of carbonyl (C=O) groups excluding carboxylic acids is 1. The van der Waals surface area contributed by atoms with E-state index in [0.717, 1.165) is 0 Å². The van der Waals surface area contributed by atoms with Crippen molar-refractivity contribution < 1.29 is 4.79 Å². The molecule has 3 rings (SSSR count). The average molecular weight is 383 g/mol. The maximum absolute atomic E-state index is 12.5. The smallest absolute Gasteiger partial charge is 0.255 e. The van der Waals surface area contributed by atoms with Crippen molar-refractivity contribution in [2.24, 2.45) is 0 Å². The predicted molar refractivity (Wildman–Crippen MR) is 103 cm³/mol. The lowest BCUT2D eigenvalue weighted by atomic mass is 10.2. The minimum Gasteiger partial charge on any atom is -0.340 e. The fourth-order valence-corrected chi connectivity index (χ4v) is 2.58. The Kier molecular flexibility index (Phi) is 5.37. The monoisotopic (exact) mass is 382 g/mol. The molecule has 0 spiro atoms. The zero-order valence-electron chi connectivity index (χ0n) is 13.3. The molecule has 2 aromatic carbocycles. The quantitative estimate of drug-likeness (QED) is 0.645. The molecule has 1 amide bonds. The lowest BCUT2D eigenvalue weighted by molar-refractivity contribution is 0.102. The van der Waals surface area contributed by atoms with Crippen molar-refractivity contribution in [1.29, 1.82) is 5.26 Å². The minimum absolute atomic E-state index is 0.342. The second-order valence-electron chi connectivity index (χ2n) is 5.33. The van der Waals surface area contributed by atoms with Gasteiger partial charge in [0.1, 0.15) is 5.82 Å². The molecule has 0 radical (unpaired) electrons. The van der Waals surface area contributed by atoms with E-state index in [2.05, 4.69) is 21.7 Å². The highest BCUT2D eigenvalue weighted by Gasteiger charge is 2.10. The molecule has 0 bridgehead atoms. The summed E-state index contributed by atoms with van der Waals surface area (Å²) in [5.41, 5.74) is 2.05. The first-order valence-corrected chi connectivity index (χ1v) is 8.30. The standard InChI is InChI=1S/C19H12Cl2N4O/c20-14-4-5-16(21)17(10-14)25-19(26)13-6-7-23-18(9-13)24-15-3-1-2-12(8-15)11-22/h1-10H,(H,23,24)(H,25,26). The van der Waals surface area contributed by atoms with E-state index in [-0.39, 0.29) is 5.91 Å². The number of anilines is 3. The van der Waals surface area contributed by atoms with Crippen LogP contribution in [0.1, 0.15) is 15.9 Å². The molecule has 0 fully saturated rings. The maximum atomic E-state index is 12.5. The molecule has 7 heteroatoms. The number of aromatic nitrogens is 1. The zero-order valence-corrected chi connectivity index (χ0v) is 14.8. The van der Waals surface area contributed by atoms with Crippen molar-refractivity contribution in [3.05, 3.63) is 82.0 Å². The van der Waals surface area contributed by atoms with E-state index in [0.29, 0.717) is 38.4 Å². The summed E-state index contributed by atoms with van der Waals surface area (Å²) >= 11 is 12.0. The SMILES string of the molecule is N#Cc1cccc(Nc2cc(C(=O)Nc3cc(Cl)ccc3Cl)ccn2)c1. The van der Waals surface area contributed by atoms with Crippen LogP contribution >= 0.6 is 23.2 Å². The molecule has 5 nitrogen and oxygen atoms in total. The molecule has 0 aliphatic heterocycles. The van der Waals surface area contributed by atoms with Crippen molar-refractivity contribution in [1.82, 2.24) is 4.98 Å². The van der Waals surface area contributed by atoms with Crippen LogP contribution in [-0.2, 0) is 0 Å². The highest BCUT2D eigenvalue weighted by atomic mass is 35.5. The number of pyridine rings is 1. The number of rotatable bonds is 4. The van der Waals surface area contributed by atoms with E-state index in [1.807, 2.05) is 0 Å². The van der Waals surface area contributed by atoms with Crippen LogP contribution in [0.2, 0.25) is 10.0 Å². The summed E-state index contributed by atoms with van der Waals surface area (Å²) in [6, 6.07) is 17.1. The normalized spacial score (nSPS) is 10.0. The Balaban J connectivity index is 1.79. The lowest BCUT2D eigenvalue weighted by Crippen LogP contribution is -2.12. The topological polar surface area (TPSA) is 77.8 Å². The number of amides is 1. The van der Waals surface area contributed by atoms with Gasteiger partial charge in [0.25, 0.3) is 5.91 Å². The zero-order chi connectivity index (χ0) is 18.5. The van der Waals surface area contributed by atoms with Gasteiger partial charge in [-0.25, -0.2) is 4.98 Å². The van der Waals surface area contributed by atoms with Crippen LogP contribution in [0.25, 0.3) is 0 Å². The number of halogens is 2. The first-order chi connectivity index (χ1) is 12.5. The Morgan fingerprint density at radius 3 is 2.73 bits per heavy atom. The summed E-state index contributed by atoms with van der Waals surface area (Å²) in [4.78, 5) is 16.7. The third-order valence-electron chi connectivity index (χ3n) is 3.46. The second kappa shape index (κ2) is 7.87. The van der Waals surface area contributed by atoms with Gasteiger partial charge in [-0.3, -0.25) is 4.79 Å². The number of hydrogen-bond donors (Lipinski definition) is 2. The van der Waals surface area contributed by atoms with Crippen LogP contribution in [0.5, 0.6) is 0 Å². The van der Waals surface area contributed by atoms with Gasteiger partial charge >= 0.3 is 0 Å². The van der Waals surface area contributed by atoms with Crippen LogP contribution in [0.4, 0.5) is 17.2 Å². The van der Waals surface area contributed by atoms with Crippen molar-refractivity contribution in [3.63, 3.8) is 0 Å². The van der Waals surface area contributed by atoms with Gasteiger partial charge in [0.2, 0.25) is 0 Å². The fraction of sp³-hybridized carbons (Fsp3) is 0. The Bertz CT molecular complexity index is 1010. The Morgan fingerprint density at radius 1 is 1.08 bits per heavy atom. The second-order valence-corrected chi connectivity index (χ2v) is 6.17. The number of carbonyl (C=O) groups is 1. The van der Waals surface area contributed by atoms with Gasteiger partial charge in [-0.2, -0.15) is 5.26 Å². The van der Waals surface area contributed by atoms with Gasteiger partial charge in [-0.15, -0.1) is 0 Å². The number of nitriles is 1. The van der Waals surface area contributed by atoms with Crippen LogP contribution in [0.3, 0.4) is 0 Å². The number of nitrogens with zero attached hydrogens (tertiary/aromatic N) is 2. The van der Waals surface area contributed by atoms with E-state index >= 15 is 0 Å². The van der Waals surface area contributed by atoms with Gasteiger partial charge in [0.15, 0.2) is 0 Å². The van der Waals surface area contributed by atoms with Crippen LogP contribution in [0, 0.1) is 11.3 Å². The Morgan fingerprint density at radius 2 is 1.92 bits per heavy atom. The van der Waals surface area contributed by atoms with Gasteiger partial charge in [-0.1, -0.05) is 29.3 Å². The minimum atomic E-state index is -0.342. The fourth-order valence-electron chi connectivity index (χ4n) is 2.24. The Labute approximate surface area is 160 Å². The molecule has 1 heterocycles. The first-order valence-electron chi connectivity index (χ1n) is 7.55. The average Bonchev–Trinajstić information content (AvgIpc) is 2.65. The summed E-state index contributed by atoms with van der Waals surface area (Å²) in [5.74, 6) is 0.135. The number of benzene rings is 2. The van der Waals surface area contributed by atoms with E-state index in [4.69, 9.17) is 28.5 Å². The molecule has 3 aromatic rings. The van der Waals surface area contributed by atoms with Crippen LogP contribution < -0.4 is 10.6 Å². The molecule has 0 saturated heterocycles.